The highest BCUT2D eigenvalue weighted by Gasteiger charge is 2.22. The lowest BCUT2D eigenvalue weighted by Crippen LogP contribution is -2.31. The molecule has 0 radical (unpaired) electrons. The average molecular weight is 257 g/mol. The van der Waals surface area contributed by atoms with E-state index < -0.39 is 24.9 Å². The summed E-state index contributed by atoms with van der Waals surface area (Å²) in [6, 6.07) is 0. The highest BCUT2D eigenvalue weighted by atomic mass is 32.2. The van der Waals surface area contributed by atoms with E-state index in [-0.39, 0.29) is 23.8 Å². The Morgan fingerprint density at radius 1 is 1.07 bits per heavy atom. The van der Waals surface area contributed by atoms with Crippen LogP contribution in [0.1, 0.15) is 20.3 Å². The maximum Gasteiger partial charge on any atom is 0.155 e. The topological polar surface area (TPSA) is 94.3 Å². The fourth-order valence-corrected chi connectivity index (χ4v) is 4.47. The first kappa shape index (κ1) is 14.9. The number of hydrogen-bond donors (Lipinski definition) is 1. The summed E-state index contributed by atoms with van der Waals surface area (Å²) in [4.78, 5) is 0. The van der Waals surface area contributed by atoms with Crippen molar-refractivity contribution in [1.82, 2.24) is 0 Å². The second-order valence-electron chi connectivity index (χ2n) is 3.57. The summed E-state index contributed by atoms with van der Waals surface area (Å²) >= 11 is 0. The monoisotopic (exact) mass is 257 g/mol. The molecule has 0 bridgehead atoms. The number of hydrogen-bond acceptors (Lipinski definition) is 5. The Balaban J connectivity index is 4.40. The maximum absolute atomic E-state index is 11.5. The Morgan fingerprint density at radius 2 is 1.60 bits per heavy atom. The normalized spacial score (nSPS) is 15.1. The third-order valence-corrected chi connectivity index (χ3v) is 6.45. The van der Waals surface area contributed by atoms with Crippen LogP contribution in [0.4, 0.5) is 0 Å². The molecule has 0 aromatic rings. The van der Waals surface area contributed by atoms with Crippen molar-refractivity contribution in [3.63, 3.8) is 0 Å². The fourth-order valence-electron chi connectivity index (χ4n) is 1.00. The van der Waals surface area contributed by atoms with Crippen molar-refractivity contribution >= 4 is 19.7 Å². The quantitative estimate of drug-likeness (QED) is 0.668. The molecule has 5 nitrogen and oxygen atoms in total. The largest absolute Gasteiger partial charge is 0.329 e. The van der Waals surface area contributed by atoms with Gasteiger partial charge in [0.05, 0.1) is 16.8 Å². The van der Waals surface area contributed by atoms with E-state index >= 15 is 0 Å². The minimum absolute atomic E-state index is 0.0240. The van der Waals surface area contributed by atoms with Gasteiger partial charge in [0.2, 0.25) is 0 Å². The van der Waals surface area contributed by atoms with Crippen LogP contribution in [0.3, 0.4) is 0 Å². The van der Waals surface area contributed by atoms with Gasteiger partial charge in [-0.05, 0) is 13.3 Å². The predicted molar refractivity (Wildman–Crippen MR) is 61.2 cm³/mol. The van der Waals surface area contributed by atoms with Gasteiger partial charge in [-0.25, -0.2) is 16.8 Å². The second kappa shape index (κ2) is 5.81. The molecule has 0 amide bonds. The Hall–Kier alpha value is -0.140. The number of rotatable bonds is 7. The standard InChI is InChI=1S/C8H19NO4S2/c1-3-4-14(10,11)5-6-15(12,13)8(2)7-9/h8H,3-7,9H2,1-2H3. The highest BCUT2D eigenvalue weighted by Crippen LogP contribution is 2.03. The highest BCUT2D eigenvalue weighted by molar-refractivity contribution is 7.95. The molecule has 0 aromatic heterocycles. The van der Waals surface area contributed by atoms with Gasteiger partial charge in [-0.15, -0.1) is 0 Å². The van der Waals surface area contributed by atoms with Gasteiger partial charge >= 0.3 is 0 Å². The minimum atomic E-state index is -3.37. The summed E-state index contributed by atoms with van der Waals surface area (Å²) in [5.41, 5.74) is 5.23. The minimum Gasteiger partial charge on any atom is -0.329 e. The van der Waals surface area contributed by atoms with E-state index in [0.29, 0.717) is 6.42 Å². The van der Waals surface area contributed by atoms with Crippen molar-refractivity contribution in [3.05, 3.63) is 0 Å². The lowest BCUT2D eigenvalue weighted by molar-refractivity contribution is 0.579. The van der Waals surface area contributed by atoms with Crippen molar-refractivity contribution < 1.29 is 16.8 Å². The first-order valence-electron chi connectivity index (χ1n) is 4.87. The molecule has 0 fully saturated rings. The van der Waals surface area contributed by atoms with Gasteiger partial charge in [-0.1, -0.05) is 6.92 Å². The van der Waals surface area contributed by atoms with Crippen molar-refractivity contribution in [2.45, 2.75) is 25.5 Å². The first-order valence-corrected chi connectivity index (χ1v) is 8.41. The first-order chi connectivity index (χ1) is 6.75. The summed E-state index contributed by atoms with van der Waals surface area (Å²) in [7, 11) is -6.59. The lowest BCUT2D eigenvalue weighted by Gasteiger charge is -2.10. The summed E-state index contributed by atoms with van der Waals surface area (Å²) in [5, 5.41) is -0.672. The molecule has 7 heteroatoms. The summed E-state index contributed by atoms with van der Waals surface area (Å²) in [6.07, 6.45) is 0.509. The van der Waals surface area contributed by atoms with Crippen molar-refractivity contribution in [3.8, 4) is 0 Å². The van der Waals surface area contributed by atoms with Crippen LogP contribution in [0.15, 0.2) is 0 Å². The van der Waals surface area contributed by atoms with Gasteiger partial charge in [0.15, 0.2) is 19.7 Å². The molecule has 0 aliphatic carbocycles. The third-order valence-electron chi connectivity index (χ3n) is 2.14. The summed E-state index contributed by atoms with van der Waals surface area (Å²) < 4.78 is 45.5. The Bertz CT molecular complexity index is 371. The lowest BCUT2D eigenvalue weighted by atomic mass is 10.5. The van der Waals surface area contributed by atoms with E-state index in [2.05, 4.69) is 0 Å². The molecule has 0 aliphatic heterocycles. The second-order valence-corrected chi connectivity index (χ2v) is 8.41. The molecular weight excluding hydrogens is 238 g/mol. The van der Waals surface area contributed by atoms with Crippen LogP contribution in [0.25, 0.3) is 0 Å². The van der Waals surface area contributed by atoms with Gasteiger partial charge in [-0.2, -0.15) is 0 Å². The van der Waals surface area contributed by atoms with Crippen molar-refractivity contribution in [2.24, 2.45) is 5.73 Å². The van der Waals surface area contributed by atoms with E-state index in [1.165, 1.54) is 6.92 Å². The Labute approximate surface area is 91.9 Å². The number of sulfone groups is 2. The van der Waals surface area contributed by atoms with Crippen LogP contribution in [-0.2, 0) is 19.7 Å². The zero-order valence-corrected chi connectivity index (χ0v) is 10.8. The molecular formula is C8H19NO4S2. The van der Waals surface area contributed by atoms with E-state index in [9.17, 15) is 16.8 Å². The molecule has 15 heavy (non-hydrogen) atoms. The molecule has 1 atom stereocenters. The molecule has 0 spiro atoms. The molecule has 0 aromatic carbocycles. The van der Waals surface area contributed by atoms with E-state index in [4.69, 9.17) is 5.73 Å². The molecule has 0 saturated heterocycles. The summed E-state index contributed by atoms with van der Waals surface area (Å²) in [6.45, 7) is 3.26. The Kier molecular flexibility index (Phi) is 5.76. The molecule has 0 rings (SSSR count). The molecule has 92 valence electrons. The number of nitrogens with two attached hydrogens (primary N) is 1. The predicted octanol–water partition coefficient (Wildman–Crippen LogP) is -0.427. The molecule has 0 saturated carbocycles. The van der Waals surface area contributed by atoms with Crippen molar-refractivity contribution in [2.75, 3.05) is 23.8 Å². The van der Waals surface area contributed by atoms with Crippen LogP contribution in [-0.4, -0.2) is 45.9 Å². The maximum atomic E-state index is 11.5. The van der Waals surface area contributed by atoms with E-state index in [0.717, 1.165) is 0 Å². The van der Waals surface area contributed by atoms with E-state index in [1.54, 1.807) is 6.92 Å². The van der Waals surface area contributed by atoms with Gasteiger partial charge in [0.1, 0.15) is 0 Å². The van der Waals surface area contributed by atoms with E-state index in [1.807, 2.05) is 0 Å². The van der Waals surface area contributed by atoms with Gasteiger partial charge in [-0.3, -0.25) is 0 Å². The van der Waals surface area contributed by atoms with Gasteiger partial charge in [0.25, 0.3) is 0 Å². The van der Waals surface area contributed by atoms with Gasteiger partial charge in [0, 0.05) is 12.3 Å². The molecule has 1 unspecified atom stereocenters. The van der Waals surface area contributed by atoms with Crippen LogP contribution in [0, 0.1) is 0 Å². The Morgan fingerprint density at radius 3 is 2.00 bits per heavy atom. The smallest absolute Gasteiger partial charge is 0.155 e. The summed E-state index contributed by atoms with van der Waals surface area (Å²) in [5.74, 6) is -0.583. The third kappa shape index (κ3) is 5.48. The zero-order valence-electron chi connectivity index (χ0n) is 9.14. The average Bonchev–Trinajstić information content (AvgIpc) is 2.14. The molecule has 0 heterocycles. The van der Waals surface area contributed by atoms with Crippen molar-refractivity contribution in [1.29, 1.82) is 0 Å². The van der Waals surface area contributed by atoms with Crippen LogP contribution < -0.4 is 5.73 Å². The van der Waals surface area contributed by atoms with Gasteiger partial charge < -0.3 is 5.73 Å². The SMILES string of the molecule is CCCS(=O)(=O)CCS(=O)(=O)C(C)CN. The fraction of sp³-hybridized carbons (Fsp3) is 1.00. The molecule has 2 N–H and O–H groups in total. The molecule has 0 aliphatic rings. The van der Waals surface area contributed by atoms with Crippen LogP contribution in [0.2, 0.25) is 0 Å². The van der Waals surface area contributed by atoms with Crippen LogP contribution in [0.5, 0.6) is 0 Å². The van der Waals surface area contributed by atoms with Crippen LogP contribution >= 0.6 is 0 Å². The zero-order chi connectivity index (χ0) is 12.1.